The normalized spacial score (nSPS) is 17.2. The highest BCUT2D eigenvalue weighted by atomic mass is 35.5. The fraction of sp³-hybridized carbons (Fsp3) is 0.500. The Hall–Kier alpha value is -0.450. The molecule has 2 N–H and O–H groups in total. The summed E-state index contributed by atoms with van der Waals surface area (Å²) >= 11 is 5.70. The Kier molecular flexibility index (Phi) is 4.92. The minimum absolute atomic E-state index is 0. The molecule has 1 aromatic carbocycles. The van der Waals surface area contributed by atoms with Crippen molar-refractivity contribution in [1.82, 2.24) is 0 Å². The van der Waals surface area contributed by atoms with Crippen molar-refractivity contribution in [2.24, 2.45) is 11.7 Å². The highest BCUT2D eigenvalue weighted by Crippen LogP contribution is 2.38. The Morgan fingerprint density at radius 1 is 1.28 bits per heavy atom. The Morgan fingerprint density at radius 2 is 1.89 bits per heavy atom. The zero-order valence-electron chi connectivity index (χ0n) is 9.51. The van der Waals surface area contributed by atoms with Crippen molar-refractivity contribution >= 4 is 24.0 Å². The summed E-state index contributed by atoms with van der Waals surface area (Å²) in [5.41, 5.74) is 5.63. The molecule has 102 valence electrons. The molecule has 1 nitrogen and oxygen atoms in total. The molecule has 0 spiro atoms. The third-order valence-corrected chi connectivity index (χ3v) is 3.18. The first kappa shape index (κ1) is 15.6. The molecule has 0 heterocycles. The highest BCUT2D eigenvalue weighted by molar-refractivity contribution is 6.30. The molecule has 0 amide bonds. The van der Waals surface area contributed by atoms with Gasteiger partial charge in [0.2, 0.25) is 0 Å². The van der Waals surface area contributed by atoms with E-state index < -0.39 is 11.7 Å². The summed E-state index contributed by atoms with van der Waals surface area (Å²) in [5, 5.41) is 0.0843. The number of hydrogen-bond acceptors (Lipinski definition) is 1. The molecule has 0 aromatic heterocycles. The van der Waals surface area contributed by atoms with Crippen LogP contribution in [0.15, 0.2) is 18.2 Å². The molecule has 18 heavy (non-hydrogen) atoms. The minimum Gasteiger partial charge on any atom is -0.324 e. The zero-order chi connectivity index (χ0) is 12.6. The smallest absolute Gasteiger partial charge is 0.324 e. The molecular formula is C12H14Cl2F3N. The predicted molar refractivity (Wildman–Crippen MR) is 68.0 cm³/mol. The van der Waals surface area contributed by atoms with Crippen molar-refractivity contribution in [3.8, 4) is 0 Å². The summed E-state index contributed by atoms with van der Waals surface area (Å²) in [6.45, 7) is 0. The van der Waals surface area contributed by atoms with Crippen LogP contribution in [0.1, 0.15) is 36.4 Å². The number of alkyl halides is 3. The van der Waals surface area contributed by atoms with E-state index in [2.05, 4.69) is 0 Å². The SMILES string of the molecule is Cl.N[C@@H](CC1CC1)c1cc(Cl)cc(C(F)(F)F)c1. The largest absolute Gasteiger partial charge is 0.416 e. The molecule has 1 atom stereocenters. The van der Waals surface area contributed by atoms with Crippen LogP contribution in [0.25, 0.3) is 0 Å². The van der Waals surface area contributed by atoms with Gasteiger partial charge in [0.25, 0.3) is 0 Å². The van der Waals surface area contributed by atoms with Crippen molar-refractivity contribution in [3.63, 3.8) is 0 Å². The molecule has 1 aliphatic carbocycles. The summed E-state index contributed by atoms with van der Waals surface area (Å²) in [7, 11) is 0. The molecular weight excluding hydrogens is 286 g/mol. The third-order valence-electron chi connectivity index (χ3n) is 2.96. The topological polar surface area (TPSA) is 26.0 Å². The maximum absolute atomic E-state index is 12.6. The van der Waals surface area contributed by atoms with E-state index in [9.17, 15) is 13.2 Å². The van der Waals surface area contributed by atoms with Gasteiger partial charge < -0.3 is 5.73 Å². The molecule has 0 unspecified atom stereocenters. The fourth-order valence-electron chi connectivity index (χ4n) is 1.84. The maximum atomic E-state index is 12.6. The van der Waals surface area contributed by atoms with E-state index >= 15 is 0 Å². The van der Waals surface area contributed by atoms with Crippen molar-refractivity contribution < 1.29 is 13.2 Å². The summed E-state index contributed by atoms with van der Waals surface area (Å²) in [6.07, 6.45) is -1.39. The molecule has 1 fully saturated rings. The van der Waals surface area contributed by atoms with Gasteiger partial charge in [-0.3, -0.25) is 0 Å². The molecule has 0 bridgehead atoms. The lowest BCUT2D eigenvalue weighted by Crippen LogP contribution is -2.13. The van der Waals surface area contributed by atoms with Gasteiger partial charge >= 0.3 is 6.18 Å². The van der Waals surface area contributed by atoms with Gasteiger partial charge in [0.15, 0.2) is 0 Å². The van der Waals surface area contributed by atoms with Gasteiger partial charge in [0.1, 0.15) is 0 Å². The molecule has 0 aliphatic heterocycles. The first-order chi connectivity index (χ1) is 7.86. The van der Waals surface area contributed by atoms with Crippen LogP contribution in [0.4, 0.5) is 13.2 Å². The third kappa shape index (κ3) is 4.04. The Bertz CT molecular complexity index is 416. The van der Waals surface area contributed by atoms with Crippen molar-refractivity contribution in [1.29, 1.82) is 0 Å². The van der Waals surface area contributed by atoms with Crippen LogP contribution in [0.3, 0.4) is 0 Å². The van der Waals surface area contributed by atoms with Crippen LogP contribution < -0.4 is 5.73 Å². The van der Waals surface area contributed by atoms with Gasteiger partial charge in [-0.2, -0.15) is 13.2 Å². The highest BCUT2D eigenvalue weighted by Gasteiger charge is 2.32. The Labute approximate surface area is 115 Å². The molecule has 0 saturated heterocycles. The molecule has 1 aromatic rings. The van der Waals surface area contributed by atoms with Crippen LogP contribution in [-0.4, -0.2) is 0 Å². The molecule has 6 heteroatoms. The number of rotatable bonds is 3. The minimum atomic E-state index is -4.38. The quantitative estimate of drug-likeness (QED) is 0.868. The summed E-state index contributed by atoms with van der Waals surface area (Å²) in [6, 6.07) is 3.18. The standard InChI is InChI=1S/C12H13ClF3N.ClH/c13-10-5-8(11(17)3-7-1-2-7)4-9(6-10)12(14,15)16;/h4-7,11H,1-3,17H2;1H/t11-;/m0./s1. The fourth-order valence-corrected chi connectivity index (χ4v) is 2.08. The van der Waals surface area contributed by atoms with E-state index in [1.54, 1.807) is 0 Å². The molecule has 1 saturated carbocycles. The van der Waals surface area contributed by atoms with Crippen LogP contribution in [-0.2, 0) is 6.18 Å². The van der Waals surface area contributed by atoms with Gasteiger partial charge in [-0.15, -0.1) is 12.4 Å². The predicted octanol–water partition coefficient (Wildman–Crippen LogP) is 4.58. The van der Waals surface area contributed by atoms with E-state index in [4.69, 9.17) is 17.3 Å². The van der Waals surface area contributed by atoms with E-state index in [1.165, 1.54) is 6.07 Å². The average Bonchev–Trinajstić information content (AvgIpc) is 2.99. The van der Waals surface area contributed by atoms with Gasteiger partial charge in [0, 0.05) is 11.1 Å². The van der Waals surface area contributed by atoms with Crippen LogP contribution >= 0.6 is 24.0 Å². The summed E-state index contributed by atoms with van der Waals surface area (Å²) in [4.78, 5) is 0. The van der Waals surface area contributed by atoms with E-state index in [0.29, 0.717) is 11.5 Å². The van der Waals surface area contributed by atoms with Crippen molar-refractivity contribution in [2.75, 3.05) is 0 Å². The lowest BCUT2D eigenvalue weighted by molar-refractivity contribution is -0.137. The summed E-state index contributed by atoms with van der Waals surface area (Å²) in [5.74, 6) is 0.568. The van der Waals surface area contributed by atoms with Gasteiger partial charge in [-0.1, -0.05) is 24.4 Å². The second kappa shape index (κ2) is 5.68. The Balaban J connectivity index is 0.00000162. The van der Waals surface area contributed by atoms with Crippen LogP contribution in [0.5, 0.6) is 0 Å². The lowest BCUT2D eigenvalue weighted by Gasteiger charge is -2.15. The van der Waals surface area contributed by atoms with E-state index in [1.807, 2.05) is 0 Å². The first-order valence-corrected chi connectivity index (χ1v) is 5.87. The molecule has 1 aliphatic rings. The molecule has 0 radical (unpaired) electrons. The number of nitrogens with two attached hydrogens (primary N) is 1. The van der Waals surface area contributed by atoms with Gasteiger partial charge in [-0.25, -0.2) is 0 Å². The number of benzene rings is 1. The van der Waals surface area contributed by atoms with E-state index in [0.717, 1.165) is 31.4 Å². The number of halogens is 5. The second-order valence-corrected chi connectivity index (χ2v) is 4.99. The monoisotopic (exact) mass is 299 g/mol. The van der Waals surface area contributed by atoms with Gasteiger partial charge in [0.05, 0.1) is 5.56 Å². The van der Waals surface area contributed by atoms with Gasteiger partial charge in [-0.05, 0) is 36.1 Å². The lowest BCUT2D eigenvalue weighted by atomic mass is 10.00. The zero-order valence-corrected chi connectivity index (χ0v) is 11.1. The van der Waals surface area contributed by atoms with Crippen molar-refractivity contribution in [3.05, 3.63) is 34.3 Å². The molecule has 2 rings (SSSR count). The number of hydrogen-bond donors (Lipinski definition) is 1. The van der Waals surface area contributed by atoms with Crippen LogP contribution in [0.2, 0.25) is 5.02 Å². The maximum Gasteiger partial charge on any atom is 0.416 e. The van der Waals surface area contributed by atoms with Crippen LogP contribution in [0, 0.1) is 5.92 Å². The van der Waals surface area contributed by atoms with Crippen molar-refractivity contribution in [2.45, 2.75) is 31.5 Å². The Morgan fingerprint density at radius 3 is 2.39 bits per heavy atom. The van der Waals surface area contributed by atoms with E-state index in [-0.39, 0.29) is 23.5 Å². The summed E-state index contributed by atoms with van der Waals surface area (Å²) < 4.78 is 37.8. The first-order valence-electron chi connectivity index (χ1n) is 5.49. The average molecular weight is 300 g/mol. The second-order valence-electron chi connectivity index (χ2n) is 4.56.